The smallest absolute Gasteiger partial charge is 0.258 e. The number of hydrogen-bond donors (Lipinski definition) is 1. The van der Waals surface area contributed by atoms with Gasteiger partial charge in [0.25, 0.3) is 5.91 Å². The SMILES string of the molecule is CC(C)Oc1ccc(C(=O)Nc2cc(-c3cccnc3)no2)cc1. The van der Waals surface area contributed by atoms with Gasteiger partial charge in [0.05, 0.1) is 6.10 Å². The second-order valence-electron chi connectivity index (χ2n) is 5.46. The molecular formula is C18H17N3O3. The Morgan fingerprint density at radius 1 is 1.21 bits per heavy atom. The summed E-state index contributed by atoms with van der Waals surface area (Å²) in [5.74, 6) is 0.724. The van der Waals surface area contributed by atoms with Crippen LogP contribution in [0.2, 0.25) is 0 Å². The highest BCUT2D eigenvalue weighted by Gasteiger charge is 2.11. The number of rotatable bonds is 5. The lowest BCUT2D eigenvalue weighted by Gasteiger charge is -2.09. The number of ether oxygens (including phenoxy) is 1. The van der Waals surface area contributed by atoms with E-state index in [2.05, 4.69) is 15.5 Å². The molecule has 1 amide bonds. The number of pyridine rings is 1. The van der Waals surface area contributed by atoms with Gasteiger partial charge in [-0.1, -0.05) is 5.16 Å². The molecule has 0 fully saturated rings. The van der Waals surface area contributed by atoms with Gasteiger partial charge in [0.1, 0.15) is 11.4 Å². The number of benzene rings is 1. The Balaban J connectivity index is 1.68. The Morgan fingerprint density at radius 3 is 2.67 bits per heavy atom. The molecule has 0 spiro atoms. The molecule has 122 valence electrons. The van der Waals surface area contributed by atoms with E-state index in [-0.39, 0.29) is 17.9 Å². The van der Waals surface area contributed by atoms with Gasteiger partial charge in [-0.2, -0.15) is 0 Å². The fraction of sp³-hybridized carbons (Fsp3) is 0.167. The minimum atomic E-state index is -0.278. The molecule has 6 nitrogen and oxygen atoms in total. The summed E-state index contributed by atoms with van der Waals surface area (Å²) in [5.41, 5.74) is 1.93. The summed E-state index contributed by atoms with van der Waals surface area (Å²) in [6.07, 6.45) is 3.44. The van der Waals surface area contributed by atoms with E-state index in [0.29, 0.717) is 11.3 Å². The molecule has 0 aliphatic rings. The van der Waals surface area contributed by atoms with Crippen LogP contribution in [0.3, 0.4) is 0 Å². The number of nitrogens with zero attached hydrogens (tertiary/aromatic N) is 2. The lowest BCUT2D eigenvalue weighted by molar-refractivity contribution is 0.102. The zero-order valence-corrected chi connectivity index (χ0v) is 13.4. The second kappa shape index (κ2) is 6.95. The van der Waals surface area contributed by atoms with Gasteiger partial charge in [-0.25, -0.2) is 0 Å². The van der Waals surface area contributed by atoms with Gasteiger partial charge in [0.2, 0.25) is 5.88 Å². The quantitative estimate of drug-likeness (QED) is 0.773. The van der Waals surface area contributed by atoms with Crippen LogP contribution in [0.4, 0.5) is 5.88 Å². The molecule has 0 radical (unpaired) electrons. The van der Waals surface area contributed by atoms with Gasteiger partial charge in [-0.15, -0.1) is 0 Å². The van der Waals surface area contributed by atoms with E-state index in [1.54, 1.807) is 42.7 Å². The number of nitrogens with one attached hydrogen (secondary N) is 1. The van der Waals surface area contributed by atoms with Gasteiger partial charge in [0.15, 0.2) is 0 Å². The van der Waals surface area contributed by atoms with Crippen molar-refractivity contribution in [2.24, 2.45) is 0 Å². The van der Waals surface area contributed by atoms with E-state index < -0.39 is 0 Å². The summed E-state index contributed by atoms with van der Waals surface area (Å²) in [6.45, 7) is 3.90. The molecule has 0 aliphatic carbocycles. The van der Waals surface area contributed by atoms with Crippen LogP contribution < -0.4 is 10.1 Å². The van der Waals surface area contributed by atoms with E-state index in [1.165, 1.54) is 0 Å². The molecule has 0 saturated carbocycles. The fourth-order valence-electron chi connectivity index (χ4n) is 2.13. The molecule has 0 atom stereocenters. The van der Waals surface area contributed by atoms with Crippen molar-refractivity contribution in [1.29, 1.82) is 0 Å². The predicted molar refractivity (Wildman–Crippen MR) is 89.9 cm³/mol. The van der Waals surface area contributed by atoms with E-state index in [0.717, 1.165) is 11.3 Å². The van der Waals surface area contributed by atoms with Crippen molar-refractivity contribution in [2.45, 2.75) is 20.0 Å². The monoisotopic (exact) mass is 323 g/mol. The van der Waals surface area contributed by atoms with Crippen LogP contribution >= 0.6 is 0 Å². The Morgan fingerprint density at radius 2 is 2.00 bits per heavy atom. The largest absolute Gasteiger partial charge is 0.491 e. The standard InChI is InChI=1S/C18H17N3O3/c1-12(2)23-15-7-5-13(6-8-15)18(22)20-17-10-16(21-24-17)14-4-3-9-19-11-14/h3-12H,1-2H3,(H,20,22). The van der Waals surface area contributed by atoms with E-state index >= 15 is 0 Å². The van der Waals surface area contributed by atoms with Gasteiger partial charge in [-0.3, -0.25) is 15.1 Å². The molecule has 6 heteroatoms. The number of anilines is 1. The molecule has 2 heterocycles. The van der Waals surface area contributed by atoms with Crippen LogP contribution in [0.15, 0.2) is 59.4 Å². The Bertz CT molecular complexity index is 811. The molecule has 24 heavy (non-hydrogen) atoms. The van der Waals surface area contributed by atoms with Gasteiger partial charge in [-0.05, 0) is 50.2 Å². The molecule has 0 aliphatic heterocycles. The van der Waals surface area contributed by atoms with Crippen LogP contribution in [0.1, 0.15) is 24.2 Å². The van der Waals surface area contributed by atoms with Gasteiger partial charge < -0.3 is 9.26 Å². The van der Waals surface area contributed by atoms with E-state index in [4.69, 9.17) is 9.26 Å². The molecular weight excluding hydrogens is 306 g/mol. The zero-order chi connectivity index (χ0) is 16.9. The van der Waals surface area contributed by atoms with Crippen molar-refractivity contribution in [3.05, 3.63) is 60.4 Å². The van der Waals surface area contributed by atoms with E-state index in [1.807, 2.05) is 26.0 Å². The maximum absolute atomic E-state index is 12.2. The maximum atomic E-state index is 12.2. The highest BCUT2D eigenvalue weighted by molar-refractivity contribution is 6.03. The second-order valence-corrected chi connectivity index (χ2v) is 5.46. The molecule has 3 aromatic rings. The predicted octanol–water partition coefficient (Wildman–Crippen LogP) is 3.78. The number of amides is 1. The van der Waals surface area contributed by atoms with Crippen molar-refractivity contribution in [2.75, 3.05) is 5.32 Å². The van der Waals surface area contributed by atoms with Crippen LogP contribution in [-0.4, -0.2) is 22.2 Å². The van der Waals surface area contributed by atoms with Gasteiger partial charge >= 0.3 is 0 Å². The molecule has 0 saturated heterocycles. The van der Waals surface area contributed by atoms with E-state index in [9.17, 15) is 4.79 Å². The minimum absolute atomic E-state index is 0.0877. The third-order valence-corrected chi connectivity index (χ3v) is 3.19. The molecule has 0 bridgehead atoms. The third kappa shape index (κ3) is 3.78. The fourth-order valence-corrected chi connectivity index (χ4v) is 2.13. The lowest BCUT2D eigenvalue weighted by atomic mass is 10.2. The lowest BCUT2D eigenvalue weighted by Crippen LogP contribution is -2.11. The first-order valence-electron chi connectivity index (χ1n) is 7.57. The van der Waals surface area contributed by atoms with Crippen molar-refractivity contribution in [1.82, 2.24) is 10.1 Å². The van der Waals surface area contributed by atoms with Crippen LogP contribution in [0.25, 0.3) is 11.3 Å². The Labute approximate surface area is 139 Å². The van der Waals surface area contributed by atoms with Crippen molar-refractivity contribution < 1.29 is 14.1 Å². The topological polar surface area (TPSA) is 77.2 Å². The van der Waals surface area contributed by atoms with Crippen molar-refractivity contribution >= 4 is 11.8 Å². The molecule has 2 aromatic heterocycles. The summed E-state index contributed by atoms with van der Waals surface area (Å²) >= 11 is 0. The Kier molecular flexibility index (Phi) is 4.56. The van der Waals surface area contributed by atoms with Crippen molar-refractivity contribution in [3.8, 4) is 17.0 Å². The average Bonchev–Trinajstić information content (AvgIpc) is 3.04. The number of carbonyl (C=O) groups excluding carboxylic acids is 1. The Hall–Kier alpha value is -3.15. The summed E-state index contributed by atoms with van der Waals surface area (Å²) < 4.78 is 10.7. The highest BCUT2D eigenvalue weighted by Crippen LogP contribution is 2.21. The minimum Gasteiger partial charge on any atom is -0.491 e. The molecule has 1 N–H and O–H groups in total. The number of aromatic nitrogens is 2. The summed E-state index contributed by atoms with van der Waals surface area (Å²) in [4.78, 5) is 16.3. The first-order valence-corrected chi connectivity index (χ1v) is 7.57. The summed E-state index contributed by atoms with van der Waals surface area (Å²) in [7, 11) is 0. The summed E-state index contributed by atoms with van der Waals surface area (Å²) in [5, 5.41) is 6.61. The third-order valence-electron chi connectivity index (χ3n) is 3.19. The first-order chi connectivity index (χ1) is 11.6. The normalized spacial score (nSPS) is 10.6. The van der Waals surface area contributed by atoms with Gasteiger partial charge in [0, 0.05) is 29.6 Å². The summed E-state index contributed by atoms with van der Waals surface area (Å²) in [6, 6.07) is 12.3. The molecule has 1 aromatic carbocycles. The van der Waals surface area contributed by atoms with Crippen LogP contribution in [0.5, 0.6) is 5.75 Å². The molecule has 3 rings (SSSR count). The number of carbonyl (C=O) groups is 1. The maximum Gasteiger partial charge on any atom is 0.258 e. The van der Waals surface area contributed by atoms with Crippen LogP contribution in [0, 0.1) is 0 Å². The molecule has 0 unspecified atom stereocenters. The highest BCUT2D eigenvalue weighted by atomic mass is 16.5. The average molecular weight is 323 g/mol. The zero-order valence-electron chi connectivity index (χ0n) is 13.4. The first kappa shape index (κ1) is 15.7. The van der Waals surface area contributed by atoms with Crippen molar-refractivity contribution in [3.63, 3.8) is 0 Å². The number of hydrogen-bond acceptors (Lipinski definition) is 5. The van der Waals surface area contributed by atoms with Crippen LogP contribution in [-0.2, 0) is 0 Å².